The van der Waals surface area contributed by atoms with Crippen LogP contribution < -0.4 is 19.7 Å². The van der Waals surface area contributed by atoms with Gasteiger partial charge in [0, 0.05) is 38.2 Å². The predicted octanol–water partition coefficient (Wildman–Crippen LogP) is 1.27. The zero-order valence-electron chi connectivity index (χ0n) is 15.7. The van der Waals surface area contributed by atoms with Gasteiger partial charge >= 0.3 is 0 Å². The molecule has 2 aliphatic heterocycles. The second-order valence-electron chi connectivity index (χ2n) is 6.86. The highest BCUT2D eigenvalue weighted by molar-refractivity contribution is 6.01. The van der Waals surface area contributed by atoms with Crippen LogP contribution in [-0.2, 0) is 9.59 Å². The highest BCUT2D eigenvalue weighted by Gasteiger charge is 2.39. The molecule has 0 saturated carbocycles. The zero-order chi connectivity index (χ0) is 18.7. The Bertz CT molecular complexity index is 679. The smallest absolute Gasteiger partial charge is 0.228 e. The van der Waals surface area contributed by atoms with Crippen molar-refractivity contribution in [3.05, 3.63) is 18.2 Å². The number of carbonyl (C=O) groups excluding carboxylic acids is 2. The molecule has 2 heterocycles. The van der Waals surface area contributed by atoms with Crippen LogP contribution in [0.5, 0.6) is 11.5 Å². The van der Waals surface area contributed by atoms with Crippen LogP contribution in [0.1, 0.15) is 19.3 Å². The quantitative estimate of drug-likeness (QED) is 0.855. The molecule has 1 N–H and O–H groups in total. The summed E-state index contributed by atoms with van der Waals surface area (Å²) in [6.45, 7) is 1.88. The Hall–Kier alpha value is -2.28. The lowest BCUT2D eigenvalue weighted by Crippen LogP contribution is -2.49. The number of piperidine rings is 1. The lowest BCUT2D eigenvalue weighted by Gasteiger charge is -2.34. The summed E-state index contributed by atoms with van der Waals surface area (Å²) in [4.78, 5) is 29.0. The van der Waals surface area contributed by atoms with E-state index in [1.165, 1.54) is 0 Å². The summed E-state index contributed by atoms with van der Waals surface area (Å²) in [5, 5.41) is 3.25. The third kappa shape index (κ3) is 3.62. The molecule has 0 aliphatic carbocycles. The van der Waals surface area contributed by atoms with E-state index in [0.29, 0.717) is 36.3 Å². The summed E-state index contributed by atoms with van der Waals surface area (Å²) >= 11 is 0. The van der Waals surface area contributed by atoms with Crippen molar-refractivity contribution in [3.63, 3.8) is 0 Å². The molecule has 7 heteroatoms. The van der Waals surface area contributed by atoms with Crippen molar-refractivity contribution >= 4 is 17.5 Å². The van der Waals surface area contributed by atoms with Gasteiger partial charge in [0.25, 0.3) is 0 Å². The standard InChI is InChI=1S/C19H27N3O4/c1-20-14-5-4-8-21(12-14)19(24)13-9-18(23)22(11-13)16-7-6-15(25-2)10-17(16)26-3/h6-7,10,13-14,20H,4-5,8-9,11-12H2,1-3H3. The Morgan fingerprint density at radius 3 is 2.73 bits per heavy atom. The fourth-order valence-corrected chi connectivity index (χ4v) is 3.78. The van der Waals surface area contributed by atoms with E-state index in [4.69, 9.17) is 9.47 Å². The lowest BCUT2D eigenvalue weighted by molar-refractivity contribution is -0.137. The largest absolute Gasteiger partial charge is 0.497 e. The molecule has 0 aromatic heterocycles. The van der Waals surface area contributed by atoms with Crippen LogP contribution in [0.3, 0.4) is 0 Å². The van der Waals surface area contributed by atoms with Crippen molar-refractivity contribution in [2.24, 2.45) is 5.92 Å². The average molecular weight is 361 g/mol. The van der Waals surface area contributed by atoms with Crippen LogP contribution in [0.25, 0.3) is 0 Å². The first kappa shape index (κ1) is 18.5. The molecule has 2 unspecified atom stereocenters. The van der Waals surface area contributed by atoms with Gasteiger partial charge in [-0.2, -0.15) is 0 Å². The van der Waals surface area contributed by atoms with E-state index in [1.54, 1.807) is 37.3 Å². The highest BCUT2D eigenvalue weighted by Crippen LogP contribution is 2.36. The van der Waals surface area contributed by atoms with Crippen LogP contribution >= 0.6 is 0 Å². The second-order valence-corrected chi connectivity index (χ2v) is 6.86. The number of likely N-dealkylation sites (N-methyl/N-ethyl adjacent to an activating group) is 1. The van der Waals surface area contributed by atoms with Crippen molar-refractivity contribution in [1.82, 2.24) is 10.2 Å². The highest BCUT2D eigenvalue weighted by atomic mass is 16.5. The Labute approximate surface area is 154 Å². The monoisotopic (exact) mass is 361 g/mol. The van der Waals surface area contributed by atoms with Gasteiger partial charge in [0.1, 0.15) is 11.5 Å². The summed E-state index contributed by atoms with van der Waals surface area (Å²) in [6.07, 6.45) is 2.32. The van der Waals surface area contributed by atoms with Gasteiger partial charge in [-0.05, 0) is 32.0 Å². The first-order valence-corrected chi connectivity index (χ1v) is 9.05. The zero-order valence-corrected chi connectivity index (χ0v) is 15.7. The molecular formula is C19H27N3O4. The molecule has 2 amide bonds. The third-order valence-corrected chi connectivity index (χ3v) is 5.29. The molecule has 2 atom stereocenters. The van der Waals surface area contributed by atoms with Gasteiger partial charge in [0.2, 0.25) is 11.8 Å². The fourth-order valence-electron chi connectivity index (χ4n) is 3.78. The molecule has 26 heavy (non-hydrogen) atoms. The van der Waals surface area contributed by atoms with Gasteiger partial charge in [-0.3, -0.25) is 9.59 Å². The number of amides is 2. The minimum Gasteiger partial charge on any atom is -0.497 e. The molecule has 0 spiro atoms. The molecule has 2 fully saturated rings. The molecule has 1 aromatic rings. The van der Waals surface area contributed by atoms with Gasteiger partial charge < -0.3 is 24.6 Å². The van der Waals surface area contributed by atoms with Crippen LogP contribution in [0, 0.1) is 5.92 Å². The minimum absolute atomic E-state index is 0.0472. The number of likely N-dealkylation sites (tertiary alicyclic amines) is 1. The fraction of sp³-hybridized carbons (Fsp3) is 0.579. The maximum Gasteiger partial charge on any atom is 0.228 e. The van der Waals surface area contributed by atoms with E-state index in [0.717, 1.165) is 19.4 Å². The van der Waals surface area contributed by atoms with Crippen LogP contribution in [-0.4, -0.2) is 63.7 Å². The number of nitrogens with zero attached hydrogens (tertiary/aromatic N) is 2. The van der Waals surface area contributed by atoms with E-state index in [1.807, 2.05) is 11.9 Å². The molecule has 0 radical (unpaired) electrons. The molecule has 0 bridgehead atoms. The number of nitrogens with one attached hydrogen (secondary N) is 1. The SMILES string of the molecule is CNC1CCCN(C(=O)C2CC(=O)N(c3ccc(OC)cc3OC)C2)C1. The summed E-state index contributed by atoms with van der Waals surface area (Å²) in [6, 6.07) is 5.69. The second kappa shape index (κ2) is 7.95. The van der Waals surface area contributed by atoms with Crippen molar-refractivity contribution in [2.45, 2.75) is 25.3 Å². The third-order valence-electron chi connectivity index (χ3n) is 5.29. The molecule has 1 aromatic carbocycles. The summed E-state index contributed by atoms with van der Waals surface area (Å²) < 4.78 is 10.6. The van der Waals surface area contributed by atoms with E-state index >= 15 is 0 Å². The molecule has 7 nitrogen and oxygen atoms in total. The van der Waals surface area contributed by atoms with Crippen molar-refractivity contribution in [2.75, 3.05) is 45.8 Å². The number of anilines is 1. The Morgan fingerprint density at radius 2 is 2.04 bits per heavy atom. The number of rotatable bonds is 5. The number of hydrogen-bond acceptors (Lipinski definition) is 5. The van der Waals surface area contributed by atoms with Crippen LogP contribution in [0.15, 0.2) is 18.2 Å². The number of ether oxygens (including phenoxy) is 2. The van der Waals surface area contributed by atoms with Gasteiger partial charge in [-0.1, -0.05) is 0 Å². The minimum atomic E-state index is -0.301. The Morgan fingerprint density at radius 1 is 1.23 bits per heavy atom. The van der Waals surface area contributed by atoms with Gasteiger partial charge in [0.05, 0.1) is 25.8 Å². The van der Waals surface area contributed by atoms with Crippen LogP contribution in [0.4, 0.5) is 5.69 Å². The molecule has 2 saturated heterocycles. The maximum absolute atomic E-state index is 12.9. The number of carbonyl (C=O) groups is 2. The first-order valence-electron chi connectivity index (χ1n) is 9.05. The average Bonchev–Trinajstić information content (AvgIpc) is 3.08. The number of benzene rings is 1. The van der Waals surface area contributed by atoms with E-state index < -0.39 is 0 Å². The van der Waals surface area contributed by atoms with E-state index in [-0.39, 0.29) is 24.2 Å². The van der Waals surface area contributed by atoms with Gasteiger partial charge in [-0.15, -0.1) is 0 Å². The molecule has 3 rings (SSSR count). The maximum atomic E-state index is 12.9. The lowest BCUT2D eigenvalue weighted by atomic mass is 10.0. The molecule has 142 valence electrons. The summed E-state index contributed by atoms with van der Waals surface area (Å²) in [5.41, 5.74) is 0.681. The predicted molar refractivity (Wildman–Crippen MR) is 98.7 cm³/mol. The first-order chi connectivity index (χ1) is 12.6. The van der Waals surface area contributed by atoms with Crippen molar-refractivity contribution in [3.8, 4) is 11.5 Å². The van der Waals surface area contributed by atoms with Gasteiger partial charge in [0.15, 0.2) is 0 Å². The topological polar surface area (TPSA) is 71.1 Å². The molecule has 2 aliphatic rings. The van der Waals surface area contributed by atoms with Crippen molar-refractivity contribution in [1.29, 1.82) is 0 Å². The number of methoxy groups -OCH3 is 2. The Balaban J connectivity index is 1.73. The number of hydrogen-bond donors (Lipinski definition) is 1. The normalized spacial score (nSPS) is 23.3. The van der Waals surface area contributed by atoms with Gasteiger partial charge in [-0.25, -0.2) is 0 Å². The van der Waals surface area contributed by atoms with E-state index in [2.05, 4.69) is 5.32 Å². The van der Waals surface area contributed by atoms with E-state index in [9.17, 15) is 9.59 Å². The summed E-state index contributed by atoms with van der Waals surface area (Å²) in [7, 11) is 5.07. The summed E-state index contributed by atoms with van der Waals surface area (Å²) in [5.74, 6) is 0.961. The van der Waals surface area contributed by atoms with Crippen molar-refractivity contribution < 1.29 is 19.1 Å². The van der Waals surface area contributed by atoms with Crippen LogP contribution in [0.2, 0.25) is 0 Å². The Kier molecular flexibility index (Phi) is 5.66. The molecular weight excluding hydrogens is 334 g/mol.